The Kier molecular flexibility index (Phi) is 3.19. The molecule has 0 aliphatic carbocycles. The molecule has 1 fully saturated rings. The van der Waals surface area contributed by atoms with Gasteiger partial charge in [-0.3, -0.25) is 4.79 Å². The lowest BCUT2D eigenvalue weighted by Crippen LogP contribution is -2.32. The molecule has 1 aliphatic rings. The van der Waals surface area contributed by atoms with Crippen molar-refractivity contribution >= 4 is 11.8 Å². The van der Waals surface area contributed by atoms with E-state index in [-0.39, 0.29) is 18.2 Å². The minimum Gasteiger partial charge on any atom is -0.481 e. The number of aliphatic carboxylic acids is 1. The van der Waals surface area contributed by atoms with E-state index < -0.39 is 5.97 Å². The third-order valence-corrected chi connectivity index (χ3v) is 2.84. The van der Waals surface area contributed by atoms with E-state index in [1.807, 2.05) is 11.0 Å². The lowest BCUT2D eigenvalue weighted by atomic mass is 10.1. The molecule has 6 heteroatoms. The summed E-state index contributed by atoms with van der Waals surface area (Å²) >= 11 is 0. The van der Waals surface area contributed by atoms with Gasteiger partial charge in [-0.2, -0.15) is 5.26 Å². The lowest BCUT2D eigenvalue weighted by molar-refractivity contribution is -0.137. The van der Waals surface area contributed by atoms with Crippen molar-refractivity contribution in [2.45, 2.75) is 25.3 Å². The molecule has 1 N–H and O–H groups in total. The zero-order chi connectivity index (χ0) is 12.3. The summed E-state index contributed by atoms with van der Waals surface area (Å²) in [4.78, 5) is 20.7. The van der Waals surface area contributed by atoms with Crippen LogP contribution >= 0.6 is 0 Å². The van der Waals surface area contributed by atoms with Gasteiger partial charge in [-0.25, -0.2) is 9.97 Å². The van der Waals surface area contributed by atoms with Crippen molar-refractivity contribution in [3.8, 4) is 6.07 Å². The van der Waals surface area contributed by atoms with Crippen molar-refractivity contribution in [2.75, 3.05) is 11.4 Å². The molecule has 1 atom stereocenters. The molecule has 0 amide bonds. The summed E-state index contributed by atoms with van der Waals surface area (Å²) in [5.41, 5.74) is 0.254. The van der Waals surface area contributed by atoms with Gasteiger partial charge in [0.25, 0.3) is 0 Å². The van der Waals surface area contributed by atoms with Crippen LogP contribution in [0, 0.1) is 11.3 Å². The van der Waals surface area contributed by atoms with E-state index in [9.17, 15) is 4.79 Å². The number of aromatic nitrogens is 2. The highest BCUT2D eigenvalue weighted by Gasteiger charge is 2.29. The van der Waals surface area contributed by atoms with Crippen LogP contribution in [0.25, 0.3) is 0 Å². The van der Waals surface area contributed by atoms with Gasteiger partial charge in [0.2, 0.25) is 0 Å². The summed E-state index contributed by atoms with van der Waals surface area (Å²) in [7, 11) is 0. The normalized spacial score (nSPS) is 19.0. The van der Waals surface area contributed by atoms with Gasteiger partial charge in [0.15, 0.2) is 11.5 Å². The maximum atomic E-state index is 10.8. The SMILES string of the molecule is N#Cc1nccnc1N1CCCC1CC(=O)O. The first-order valence-electron chi connectivity index (χ1n) is 5.42. The Morgan fingerprint density at radius 1 is 1.59 bits per heavy atom. The third kappa shape index (κ3) is 2.33. The van der Waals surface area contributed by atoms with Crippen LogP contribution in [-0.4, -0.2) is 33.6 Å². The van der Waals surface area contributed by atoms with Crippen LogP contribution in [-0.2, 0) is 4.79 Å². The predicted molar refractivity (Wildman–Crippen MR) is 59.4 cm³/mol. The van der Waals surface area contributed by atoms with Crippen molar-refractivity contribution in [3.63, 3.8) is 0 Å². The molecule has 2 heterocycles. The van der Waals surface area contributed by atoms with Crippen LogP contribution in [0.2, 0.25) is 0 Å². The average molecular weight is 232 g/mol. The van der Waals surface area contributed by atoms with E-state index in [0.29, 0.717) is 5.82 Å². The molecule has 88 valence electrons. The minimum atomic E-state index is -0.829. The zero-order valence-electron chi connectivity index (χ0n) is 9.20. The van der Waals surface area contributed by atoms with Crippen molar-refractivity contribution < 1.29 is 9.90 Å². The van der Waals surface area contributed by atoms with Gasteiger partial charge < -0.3 is 10.0 Å². The van der Waals surface area contributed by atoms with Crippen LogP contribution in [0.5, 0.6) is 0 Å². The number of rotatable bonds is 3. The highest BCUT2D eigenvalue weighted by Crippen LogP contribution is 2.27. The Bertz CT molecular complexity index is 469. The smallest absolute Gasteiger partial charge is 0.305 e. The molecule has 0 radical (unpaired) electrons. The summed E-state index contributed by atoms with van der Waals surface area (Å²) in [6.07, 6.45) is 4.78. The van der Waals surface area contributed by atoms with Crippen LogP contribution in [0.3, 0.4) is 0 Å². The Morgan fingerprint density at radius 3 is 3.06 bits per heavy atom. The molecule has 1 aromatic rings. The summed E-state index contributed by atoms with van der Waals surface area (Å²) in [5.74, 6) is -0.331. The van der Waals surface area contributed by atoms with Crippen LogP contribution in [0.4, 0.5) is 5.82 Å². The second-order valence-electron chi connectivity index (χ2n) is 3.93. The van der Waals surface area contributed by atoms with Crippen molar-refractivity contribution in [3.05, 3.63) is 18.1 Å². The summed E-state index contributed by atoms with van der Waals surface area (Å²) < 4.78 is 0. The van der Waals surface area contributed by atoms with Gasteiger partial charge in [-0.05, 0) is 12.8 Å². The molecule has 0 spiro atoms. The van der Waals surface area contributed by atoms with Gasteiger partial charge in [0.05, 0.1) is 6.42 Å². The first kappa shape index (κ1) is 11.3. The fourth-order valence-corrected chi connectivity index (χ4v) is 2.15. The van der Waals surface area contributed by atoms with Crippen molar-refractivity contribution in [1.29, 1.82) is 5.26 Å². The number of carboxylic acids is 1. The molecule has 1 aromatic heterocycles. The second kappa shape index (κ2) is 4.78. The average Bonchev–Trinajstić information content (AvgIpc) is 2.76. The van der Waals surface area contributed by atoms with Gasteiger partial charge in [0.1, 0.15) is 6.07 Å². The molecule has 2 rings (SSSR count). The number of carbonyl (C=O) groups is 1. The molecular formula is C11H12N4O2. The topological polar surface area (TPSA) is 90.1 Å². The second-order valence-corrected chi connectivity index (χ2v) is 3.93. The first-order valence-corrected chi connectivity index (χ1v) is 5.42. The van der Waals surface area contributed by atoms with Gasteiger partial charge >= 0.3 is 5.97 Å². The van der Waals surface area contributed by atoms with Crippen molar-refractivity contribution in [1.82, 2.24) is 9.97 Å². The van der Waals surface area contributed by atoms with Gasteiger partial charge in [-0.15, -0.1) is 0 Å². The van der Waals surface area contributed by atoms with Crippen LogP contribution in [0.15, 0.2) is 12.4 Å². The summed E-state index contributed by atoms with van der Waals surface area (Å²) in [6.45, 7) is 0.728. The molecule has 17 heavy (non-hydrogen) atoms. The Hall–Kier alpha value is -2.16. The summed E-state index contributed by atoms with van der Waals surface area (Å²) in [5, 5.41) is 17.8. The van der Waals surface area contributed by atoms with Crippen molar-refractivity contribution in [2.24, 2.45) is 0 Å². The molecule has 1 aliphatic heterocycles. The van der Waals surface area contributed by atoms with E-state index in [1.54, 1.807) is 0 Å². The van der Waals surface area contributed by atoms with E-state index in [4.69, 9.17) is 10.4 Å². The number of nitrogens with zero attached hydrogens (tertiary/aromatic N) is 4. The highest BCUT2D eigenvalue weighted by molar-refractivity contribution is 5.69. The molecule has 1 unspecified atom stereocenters. The molecular weight excluding hydrogens is 220 g/mol. The zero-order valence-corrected chi connectivity index (χ0v) is 9.20. The largest absolute Gasteiger partial charge is 0.481 e. The molecule has 0 saturated carbocycles. The monoisotopic (exact) mass is 232 g/mol. The Labute approximate surface area is 98.5 Å². The van der Waals surface area contributed by atoms with E-state index in [1.165, 1.54) is 12.4 Å². The standard InChI is InChI=1S/C11H12N4O2/c12-7-9-11(14-4-3-13-9)15-5-1-2-8(15)6-10(16)17/h3-4,8H,1-2,5-6H2,(H,16,17). The maximum absolute atomic E-state index is 10.8. The maximum Gasteiger partial charge on any atom is 0.305 e. The predicted octanol–water partition coefficient (Wildman–Crippen LogP) is 0.792. The molecule has 0 bridgehead atoms. The quantitative estimate of drug-likeness (QED) is 0.828. The van der Waals surface area contributed by atoms with Crippen LogP contribution in [0.1, 0.15) is 25.0 Å². The van der Waals surface area contributed by atoms with E-state index in [2.05, 4.69) is 9.97 Å². The molecule has 0 aromatic carbocycles. The number of hydrogen-bond donors (Lipinski definition) is 1. The fraction of sp³-hybridized carbons (Fsp3) is 0.455. The number of hydrogen-bond acceptors (Lipinski definition) is 5. The minimum absolute atomic E-state index is 0.0709. The number of anilines is 1. The Morgan fingerprint density at radius 2 is 2.35 bits per heavy atom. The highest BCUT2D eigenvalue weighted by atomic mass is 16.4. The molecule has 6 nitrogen and oxygen atoms in total. The molecule has 1 saturated heterocycles. The van der Waals surface area contributed by atoms with Crippen LogP contribution < -0.4 is 4.90 Å². The third-order valence-electron chi connectivity index (χ3n) is 2.84. The summed E-state index contributed by atoms with van der Waals surface area (Å²) in [6, 6.07) is 1.90. The number of nitriles is 1. The van der Waals surface area contributed by atoms with E-state index in [0.717, 1.165) is 19.4 Å². The fourth-order valence-electron chi connectivity index (χ4n) is 2.15. The van der Waals surface area contributed by atoms with Gasteiger partial charge in [0, 0.05) is 25.0 Å². The van der Waals surface area contributed by atoms with E-state index >= 15 is 0 Å². The lowest BCUT2D eigenvalue weighted by Gasteiger charge is -2.24. The number of carboxylic acid groups (broad SMARTS) is 1. The first-order chi connectivity index (χ1) is 8.22. The Balaban J connectivity index is 2.26. The van der Waals surface area contributed by atoms with Gasteiger partial charge in [-0.1, -0.05) is 0 Å².